The first kappa shape index (κ1) is 22.1. The van der Waals surface area contributed by atoms with Crippen molar-refractivity contribution in [3.05, 3.63) is 51.8 Å². The predicted octanol–water partition coefficient (Wildman–Crippen LogP) is 2.60. The van der Waals surface area contributed by atoms with Crippen molar-refractivity contribution in [1.82, 2.24) is 19.6 Å². The van der Waals surface area contributed by atoms with E-state index in [1.54, 1.807) is 9.58 Å². The molecule has 1 aromatic carbocycles. The fraction of sp³-hybridized carbons (Fsp3) is 0.577. The van der Waals surface area contributed by atoms with E-state index in [-0.39, 0.29) is 18.4 Å². The first-order valence-electron chi connectivity index (χ1n) is 12.3. The number of carbonyl (C=O) groups excluding carboxylic acids is 2. The van der Waals surface area contributed by atoms with Crippen molar-refractivity contribution in [3.8, 4) is 0 Å². The van der Waals surface area contributed by atoms with Crippen LogP contribution in [0.4, 0.5) is 0 Å². The molecule has 2 aromatic rings. The highest BCUT2D eigenvalue weighted by Gasteiger charge is 2.33. The maximum Gasteiger partial charge on any atom is 0.274 e. The normalized spacial score (nSPS) is 21.0. The molecule has 0 unspecified atom stereocenters. The molecule has 2 fully saturated rings. The molecule has 33 heavy (non-hydrogen) atoms. The summed E-state index contributed by atoms with van der Waals surface area (Å²) >= 11 is 0. The summed E-state index contributed by atoms with van der Waals surface area (Å²) in [5, 5.41) is 14.4. The molecule has 0 spiro atoms. The number of aliphatic hydroxyl groups excluding tert-OH is 1. The third-order valence-electron chi connectivity index (χ3n) is 7.88. The van der Waals surface area contributed by atoms with Crippen molar-refractivity contribution in [2.75, 3.05) is 26.2 Å². The molecule has 3 aliphatic rings. The summed E-state index contributed by atoms with van der Waals surface area (Å²) in [4.78, 5) is 29.8. The Bertz CT molecular complexity index is 1070. The van der Waals surface area contributed by atoms with Gasteiger partial charge in [0, 0.05) is 37.4 Å². The number of aliphatic hydroxyl groups is 1. The van der Waals surface area contributed by atoms with E-state index in [1.165, 1.54) is 16.7 Å². The van der Waals surface area contributed by atoms with Gasteiger partial charge in [0.05, 0.1) is 6.10 Å². The molecule has 3 heterocycles. The van der Waals surface area contributed by atoms with E-state index in [1.807, 2.05) is 4.90 Å². The quantitative estimate of drug-likeness (QED) is 0.777. The summed E-state index contributed by atoms with van der Waals surface area (Å²) < 4.78 is 1.78. The number of benzene rings is 1. The Balaban J connectivity index is 1.25. The minimum Gasteiger partial charge on any atom is -0.391 e. The molecular formula is C26H34N4O3. The van der Waals surface area contributed by atoms with Gasteiger partial charge in [-0.1, -0.05) is 18.2 Å². The predicted molar refractivity (Wildman–Crippen MR) is 125 cm³/mol. The van der Waals surface area contributed by atoms with Gasteiger partial charge < -0.3 is 14.9 Å². The molecule has 2 amide bonds. The molecule has 1 aliphatic carbocycles. The van der Waals surface area contributed by atoms with Gasteiger partial charge in [-0.25, -0.2) is 0 Å². The average Bonchev–Trinajstić information content (AvgIpc) is 3.53. The standard InChI is InChI=1S/C26H34N4O3/c1-17-5-3-6-21(18(17)2)19-9-12-28(13-10-19)24(32)16-30-23-8-4-7-22(23)25(27-30)26(33)29-14-11-20(31)15-29/h3,5-6,19-20,31H,4,7-16H2,1-2H3/t20-/m1/s1. The second kappa shape index (κ2) is 8.93. The fourth-order valence-electron chi connectivity index (χ4n) is 5.77. The number of hydrogen-bond acceptors (Lipinski definition) is 4. The minimum atomic E-state index is -0.447. The Morgan fingerprint density at radius 1 is 1.06 bits per heavy atom. The Morgan fingerprint density at radius 3 is 2.55 bits per heavy atom. The van der Waals surface area contributed by atoms with Crippen LogP contribution in [-0.4, -0.2) is 68.8 Å². The lowest BCUT2D eigenvalue weighted by atomic mass is 9.85. The molecule has 0 bridgehead atoms. The van der Waals surface area contributed by atoms with Crippen molar-refractivity contribution in [2.24, 2.45) is 0 Å². The zero-order valence-electron chi connectivity index (χ0n) is 19.7. The maximum absolute atomic E-state index is 13.1. The molecule has 2 saturated heterocycles. The SMILES string of the molecule is Cc1cccc(C2CCN(C(=O)Cn3nc(C(=O)N4CC[C@@H](O)C4)c4c3CCC4)CC2)c1C. The summed E-state index contributed by atoms with van der Waals surface area (Å²) in [6.45, 7) is 7.01. The van der Waals surface area contributed by atoms with Crippen molar-refractivity contribution >= 4 is 11.8 Å². The Hall–Kier alpha value is -2.67. The molecule has 7 heteroatoms. The van der Waals surface area contributed by atoms with Crippen molar-refractivity contribution < 1.29 is 14.7 Å². The number of likely N-dealkylation sites (tertiary alicyclic amines) is 2. The Morgan fingerprint density at radius 2 is 1.82 bits per heavy atom. The van der Waals surface area contributed by atoms with E-state index in [2.05, 4.69) is 37.1 Å². The van der Waals surface area contributed by atoms with Crippen molar-refractivity contribution in [1.29, 1.82) is 0 Å². The number of aromatic nitrogens is 2. The van der Waals surface area contributed by atoms with E-state index in [4.69, 9.17) is 0 Å². The number of rotatable bonds is 4. The van der Waals surface area contributed by atoms with E-state index in [0.29, 0.717) is 31.1 Å². The number of nitrogens with zero attached hydrogens (tertiary/aromatic N) is 4. The summed E-state index contributed by atoms with van der Waals surface area (Å²) in [6.07, 6.45) is 4.82. The topological polar surface area (TPSA) is 78.7 Å². The number of β-amino-alcohol motifs (C(OH)–C–C–N with tert-alkyl or cyclic N) is 1. The number of aryl methyl sites for hydroxylation is 1. The highest BCUT2D eigenvalue weighted by molar-refractivity contribution is 5.94. The van der Waals surface area contributed by atoms with Gasteiger partial charge in [0.2, 0.25) is 5.91 Å². The van der Waals surface area contributed by atoms with Crippen LogP contribution in [0, 0.1) is 13.8 Å². The number of hydrogen-bond donors (Lipinski definition) is 1. The van der Waals surface area contributed by atoms with Crippen LogP contribution >= 0.6 is 0 Å². The third-order valence-corrected chi connectivity index (χ3v) is 7.88. The second-order valence-electron chi connectivity index (χ2n) is 9.92. The largest absolute Gasteiger partial charge is 0.391 e. The van der Waals surface area contributed by atoms with Gasteiger partial charge in [0.1, 0.15) is 6.54 Å². The van der Waals surface area contributed by atoms with Gasteiger partial charge in [-0.05, 0) is 75.0 Å². The monoisotopic (exact) mass is 450 g/mol. The summed E-state index contributed by atoms with van der Waals surface area (Å²) in [5.74, 6) is 0.482. The van der Waals surface area contributed by atoms with Crippen LogP contribution in [0.3, 0.4) is 0 Å². The van der Waals surface area contributed by atoms with E-state index in [0.717, 1.165) is 56.5 Å². The molecule has 2 aliphatic heterocycles. The minimum absolute atomic E-state index is 0.0854. The molecule has 5 rings (SSSR count). The van der Waals surface area contributed by atoms with Crippen LogP contribution in [-0.2, 0) is 24.2 Å². The summed E-state index contributed by atoms with van der Waals surface area (Å²) in [6, 6.07) is 6.52. The van der Waals surface area contributed by atoms with Gasteiger partial charge in [-0.2, -0.15) is 5.10 Å². The zero-order valence-corrected chi connectivity index (χ0v) is 19.7. The molecular weight excluding hydrogens is 416 g/mol. The van der Waals surface area contributed by atoms with Crippen LogP contribution in [0.2, 0.25) is 0 Å². The highest BCUT2D eigenvalue weighted by atomic mass is 16.3. The van der Waals surface area contributed by atoms with Crippen molar-refractivity contribution in [2.45, 2.75) is 70.9 Å². The fourth-order valence-corrected chi connectivity index (χ4v) is 5.77. The Kier molecular flexibility index (Phi) is 5.99. The second-order valence-corrected chi connectivity index (χ2v) is 9.92. The lowest BCUT2D eigenvalue weighted by Gasteiger charge is -2.33. The molecule has 1 atom stereocenters. The van der Waals surface area contributed by atoms with E-state index < -0.39 is 6.10 Å². The summed E-state index contributed by atoms with van der Waals surface area (Å²) in [5.41, 5.74) is 6.64. The first-order chi connectivity index (χ1) is 15.9. The number of amides is 2. The summed E-state index contributed by atoms with van der Waals surface area (Å²) in [7, 11) is 0. The Labute approximate surface area is 195 Å². The molecule has 1 N–H and O–H groups in total. The lowest BCUT2D eigenvalue weighted by Crippen LogP contribution is -2.40. The smallest absolute Gasteiger partial charge is 0.274 e. The van der Waals surface area contributed by atoms with E-state index >= 15 is 0 Å². The van der Waals surface area contributed by atoms with Gasteiger partial charge in [-0.15, -0.1) is 0 Å². The van der Waals surface area contributed by atoms with E-state index in [9.17, 15) is 14.7 Å². The number of piperidine rings is 1. The van der Waals surface area contributed by atoms with Crippen LogP contribution in [0.15, 0.2) is 18.2 Å². The maximum atomic E-state index is 13.1. The molecule has 0 radical (unpaired) electrons. The van der Waals surface area contributed by atoms with Crippen LogP contribution in [0.5, 0.6) is 0 Å². The highest BCUT2D eigenvalue weighted by Crippen LogP contribution is 2.32. The molecule has 1 aromatic heterocycles. The van der Waals surface area contributed by atoms with Gasteiger partial charge in [0.15, 0.2) is 5.69 Å². The number of fused-ring (bicyclic) bond motifs is 1. The first-order valence-corrected chi connectivity index (χ1v) is 12.3. The van der Waals surface area contributed by atoms with Gasteiger partial charge >= 0.3 is 0 Å². The molecule has 176 valence electrons. The van der Waals surface area contributed by atoms with Gasteiger partial charge in [-0.3, -0.25) is 14.3 Å². The average molecular weight is 451 g/mol. The van der Waals surface area contributed by atoms with Crippen LogP contribution in [0.1, 0.15) is 70.0 Å². The van der Waals surface area contributed by atoms with Gasteiger partial charge in [0.25, 0.3) is 5.91 Å². The third kappa shape index (κ3) is 4.19. The zero-order chi connectivity index (χ0) is 23.1. The van der Waals surface area contributed by atoms with Crippen molar-refractivity contribution in [3.63, 3.8) is 0 Å². The van der Waals surface area contributed by atoms with Crippen LogP contribution < -0.4 is 0 Å². The lowest BCUT2D eigenvalue weighted by molar-refractivity contribution is -0.133. The molecule has 7 nitrogen and oxygen atoms in total. The molecule has 0 saturated carbocycles. The van der Waals surface area contributed by atoms with Crippen LogP contribution in [0.25, 0.3) is 0 Å². The number of carbonyl (C=O) groups is 2.